The summed E-state index contributed by atoms with van der Waals surface area (Å²) < 4.78 is 1.06. The van der Waals surface area contributed by atoms with Gasteiger partial charge in [0.2, 0.25) is 0 Å². The maximum absolute atomic E-state index is 11.5. The van der Waals surface area contributed by atoms with Crippen molar-refractivity contribution in [2.45, 2.75) is 19.8 Å². The molecule has 0 fully saturated rings. The minimum absolute atomic E-state index is 0.207. The van der Waals surface area contributed by atoms with Crippen LogP contribution in [0.15, 0.2) is 0 Å². The quantitative estimate of drug-likeness (QED) is 0.754. The molecule has 100 valence electrons. The van der Waals surface area contributed by atoms with E-state index in [1.54, 1.807) is 11.3 Å². The zero-order chi connectivity index (χ0) is 13.4. The topological polar surface area (TPSA) is 66.9 Å². The molecule has 19 heavy (non-hydrogen) atoms. The molecule has 2 aromatic heterocycles. The fourth-order valence-corrected chi connectivity index (χ4v) is 4.88. The highest BCUT2D eigenvalue weighted by molar-refractivity contribution is 14.1. The third-order valence-electron chi connectivity index (χ3n) is 2.73. The average molecular weight is 406 g/mol. The van der Waals surface area contributed by atoms with Crippen molar-refractivity contribution in [1.29, 1.82) is 0 Å². The molecule has 2 aromatic rings. The highest BCUT2D eigenvalue weighted by Crippen LogP contribution is 2.41. The van der Waals surface area contributed by atoms with E-state index in [-0.39, 0.29) is 6.03 Å². The maximum Gasteiger partial charge on any atom is 0.321 e. The van der Waals surface area contributed by atoms with Gasteiger partial charge in [-0.1, -0.05) is 11.3 Å². The van der Waals surface area contributed by atoms with E-state index in [9.17, 15) is 4.79 Å². The molecule has 0 aliphatic heterocycles. The van der Waals surface area contributed by atoms with Crippen molar-refractivity contribution < 1.29 is 4.79 Å². The van der Waals surface area contributed by atoms with Crippen LogP contribution < -0.4 is 10.6 Å². The number of fused-ring (bicyclic) bond motifs is 3. The molecular weight excluding hydrogens is 395 g/mol. The molecule has 8 heteroatoms. The van der Waals surface area contributed by atoms with Crippen molar-refractivity contribution >= 4 is 56.4 Å². The molecule has 5 nitrogen and oxygen atoms in total. The average Bonchev–Trinajstić information content (AvgIpc) is 2.90. The third-order valence-corrected chi connectivity index (χ3v) is 5.56. The molecule has 3 rings (SSSR count). The number of nitrogens with one attached hydrogen (secondary N) is 2. The number of carbonyl (C=O) groups is 1. The Morgan fingerprint density at radius 3 is 3.00 bits per heavy atom. The molecule has 0 aromatic carbocycles. The Labute approximate surface area is 132 Å². The first-order valence-electron chi connectivity index (χ1n) is 5.87. The largest absolute Gasteiger partial charge is 0.338 e. The third kappa shape index (κ3) is 2.61. The minimum atomic E-state index is -0.207. The number of carbonyl (C=O) groups excluding carboxylic acids is 1. The van der Waals surface area contributed by atoms with Gasteiger partial charge in [-0.15, -0.1) is 11.3 Å². The number of nitrogens with zero attached hydrogens (tertiary/aromatic N) is 2. The number of halogens is 1. The number of hydrogen-bond donors (Lipinski definition) is 2. The predicted molar refractivity (Wildman–Crippen MR) is 86.0 cm³/mol. The monoisotopic (exact) mass is 406 g/mol. The first kappa shape index (κ1) is 13.3. The molecule has 0 radical (unpaired) electrons. The Morgan fingerprint density at radius 1 is 1.37 bits per heavy atom. The SMILES string of the molecule is CCNC(=O)Nc1nc2c(s1)-c1nc(I)sc1CC2. The van der Waals surface area contributed by atoms with Gasteiger partial charge >= 0.3 is 6.03 Å². The lowest BCUT2D eigenvalue weighted by Gasteiger charge is -2.07. The normalized spacial score (nSPS) is 12.7. The van der Waals surface area contributed by atoms with Crippen LogP contribution >= 0.6 is 45.3 Å². The fraction of sp³-hybridized carbons (Fsp3) is 0.364. The molecule has 2 amide bonds. The summed E-state index contributed by atoms with van der Waals surface area (Å²) in [4.78, 5) is 23.0. The smallest absolute Gasteiger partial charge is 0.321 e. The van der Waals surface area contributed by atoms with E-state index in [1.807, 2.05) is 6.92 Å². The summed E-state index contributed by atoms with van der Waals surface area (Å²) in [5, 5.41) is 6.11. The van der Waals surface area contributed by atoms with Crippen molar-refractivity contribution in [2.75, 3.05) is 11.9 Å². The van der Waals surface area contributed by atoms with Gasteiger partial charge in [0.25, 0.3) is 0 Å². The molecule has 0 saturated carbocycles. The van der Waals surface area contributed by atoms with Crippen molar-refractivity contribution in [3.8, 4) is 10.6 Å². The summed E-state index contributed by atoms with van der Waals surface area (Å²) in [6, 6.07) is -0.207. The number of rotatable bonds is 2. The van der Waals surface area contributed by atoms with Crippen LogP contribution in [0.2, 0.25) is 0 Å². The van der Waals surface area contributed by atoms with E-state index in [2.05, 4.69) is 43.2 Å². The number of anilines is 1. The Bertz CT molecular complexity index is 637. The van der Waals surface area contributed by atoms with E-state index in [4.69, 9.17) is 0 Å². The van der Waals surface area contributed by atoms with Crippen LogP contribution in [0.4, 0.5) is 9.93 Å². The Balaban J connectivity index is 1.90. The molecular formula is C11H11IN4OS2. The second kappa shape index (κ2) is 5.33. The van der Waals surface area contributed by atoms with Gasteiger partial charge in [0, 0.05) is 11.4 Å². The summed E-state index contributed by atoms with van der Waals surface area (Å²) in [6.07, 6.45) is 1.92. The van der Waals surface area contributed by atoms with Gasteiger partial charge in [0.1, 0.15) is 0 Å². The van der Waals surface area contributed by atoms with Gasteiger partial charge in [0.15, 0.2) is 8.15 Å². The lowest BCUT2D eigenvalue weighted by Crippen LogP contribution is -2.28. The highest BCUT2D eigenvalue weighted by atomic mass is 127. The van der Waals surface area contributed by atoms with E-state index in [1.165, 1.54) is 16.2 Å². The Kier molecular flexibility index (Phi) is 3.72. The lowest BCUT2D eigenvalue weighted by atomic mass is 10.1. The van der Waals surface area contributed by atoms with Gasteiger partial charge in [-0.2, -0.15) is 0 Å². The highest BCUT2D eigenvalue weighted by Gasteiger charge is 2.24. The summed E-state index contributed by atoms with van der Waals surface area (Å²) >= 11 is 5.49. The van der Waals surface area contributed by atoms with Gasteiger partial charge in [-0.05, 0) is 42.4 Å². The van der Waals surface area contributed by atoms with E-state index < -0.39 is 0 Å². The number of thiazole rings is 2. The first-order chi connectivity index (χ1) is 9.17. The Hall–Kier alpha value is -0.740. The standard InChI is InChI=1S/C11H11IN4OS2/c1-2-13-10(17)16-11-14-5-3-4-6-7(8(5)19-11)15-9(12)18-6/h2-4H2,1H3,(H2,13,14,16,17). The van der Waals surface area contributed by atoms with Gasteiger partial charge < -0.3 is 5.32 Å². The second-order valence-corrected chi connectivity index (χ2v) is 7.85. The van der Waals surface area contributed by atoms with Crippen LogP contribution in [0.3, 0.4) is 0 Å². The maximum atomic E-state index is 11.5. The summed E-state index contributed by atoms with van der Waals surface area (Å²) in [5.41, 5.74) is 2.10. The van der Waals surface area contributed by atoms with Crippen molar-refractivity contribution in [1.82, 2.24) is 15.3 Å². The number of amides is 2. The fourth-order valence-electron chi connectivity index (χ4n) is 1.96. The Morgan fingerprint density at radius 2 is 2.21 bits per heavy atom. The molecule has 2 N–H and O–H groups in total. The van der Waals surface area contributed by atoms with E-state index in [0.717, 1.165) is 32.1 Å². The predicted octanol–water partition coefficient (Wildman–Crippen LogP) is 3.11. The molecule has 0 saturated heterocycles. The number of aryl methyl sites for hydroxylation is 2. The molecule has 1 aliphatic carbocycles. The van der Waals surface area contributed by atoms with Crippen LogP contribution in [0.1, 0.15) is 17.5 Å². The van der Waals surface area contributed by atoms with Gasteiger partial charge in [0.05, 0.1) is 16.3 Å². The minimum Gasteiger partial charge on any atom is -0.338 e. The molecule has 0 bridgehead atoms. The molecule has 1 aliphatic rings. The summed E-state index contributed by atoms with van der Waals surface area (Å²) in [6.45, 7) is 2.49. The van der Waals surface area contributed by atoms with E-state index >= 15 is 0 Å². The van der Waals surface area contributed by atoms with Crippen LogP contribution in [0.25, 0.3) is 10.6 Å². The first-order valence-corrected chi connectivity index (χ1v) is 8.58. The number of urea groups is 1. The van der Waals surface area contributed by atoms with E-state index in [0.29, 0.717) is 11.7 Å². The van der Waals surface area contributed by atoms with Crippen LogP contribution in [0.5, 0.6) is 0 Å². The van der Waals surface area contributed by atoms with Crippen LogP contribution in [0, 0.1) is 3.01 Å². The zero-order valence-electron chi connectivity index (χ0n) is 10.1. The molecule has 0 atom stereocenters. The molecule has 0 unspecified atom stereocenters. The second-order valence-electron chi connectivity index (χ2n) is 4.02. The summed E-state index contributed by atoms with van der Waals surface area (Å²) in [7, 11) is 0. The zero-order valence-corrected chi connectivity index (χ0v) is 13.9. The van der Waals surface area contributed by atoms with Crippen LogP contribution in [-0.4, -0.2) is 22.5 Å². The number of hydrogen-bond acceptors (Lipinski definition) is 5. The van der Waals surface area contributed by atoms with Crippen LogP contribution in [-0.2, 0) is 12.8 Å². The molecule has 0 spiro atoms. The van der Waals surface area contributed by atoms with Crippen molar-refractivity contribution in [3.63, 3.8) is 0 Å². The van der Waals surface area contributed by atoms with Gasteiger partial charge in [-0.25, -0.2) is 14.8 Å². The van der Waals surface area contributed by atoms with Gasteiger partial charge in [-0.3, -0.25) is 5.32 Å². The summed E-state index contributed by atoms with van der Waals surface area (Å²) in [5.74, 6) is 0. The number of aromatic nitrogens is 2. The lowest BCUT2D eigenvalue weighted by molar-refractivity contribution is 0.252. The van der Waals surface area contributed by atoms with Crippen molar-refractivity contribution in [2.24, 2.45) is 0 Å². The van der Waals surface area contributed by atoms with Crippen molar-refractivity contribution in [3.05, 3.63) is 13.6 Å². The molecule has 2 heterocycles.